The molecule has 0 radical (unpaired) electrons. The molecular formula is C19H22BrN3O2S. The van der Waals surface area contributed by atoms with Crippen molar-refractivity contribution in [3.63, 3.8) is 0 Å². The zero-order chi connectivity index (χ0) is 19.1. The first-order chi connectivity index (χ1) is 12.4. The van der Waals surface area contributed by atoms with Crippen LogP contribution in [-0.4, -0.2) is 43.1 Å². The van der Waals surface area contributed by atoms with Gasteiger partial charge in [0.05, 0.1) is 13.1 Å². The van der Waals surface area contributed by atoms with Gasteiger partial charge in [-0.05, 0) is 62.2 Å². The summed E-state index contributed by atoms with van der Waals surface area (Å²) in [5, 5.41) is 5.73. The monoisotopic (exact) mass is 435 g/mol. The summed E-state index contributed by atoms with van der Waals surface area (Å²) in [6, 6.07) is 13.3. The first-order valence-electron chi connectivity index (χ1n) is 8.06. The molecule has 0 aliphatic carbocycles. The molecule has 7 heteroatoms. The maximum atomic E-state index is 12.2. The largest absolute Gasteiger partial charge is 0.325 e. The molecule has 2 aromatic rings. The van der Waals surface area contributed by atoms with Crippen LogP contribution in [0.25, 0.3) is 0 Å². The number of hydrogen-bond donors (Lipinski definition) is 2. The minimum absolute atomic E-state index is 0.133. The van der Waals surface area contributed by atoms with Crippen molar-refractivity contribution in [3.05, 3.63) is 52.5 Å². The smallest absolute Gasteiger partial charge is 0.238 e. The van der Waals surface area contributed by atoms with E-state index >= 15 is 0 Å². The van der Waals surface area contributed by atoms with E-state index < -0.39 is 0 Å². The molecule has 2 amide bonds. The van der Waals surface area contributed by atoms with Gasteiger partial charge >= 0.3 is 0 Å². The highest BCUT2D eigenvalue weighted by molar-refractivity contribution is 9.10. The Kier molecular flexibility index (Phi) is 7.68. The molecule has 0 saturated heterocycles. The minimum Gasteiger partial charge on any atom is -0.325 e. The first kappa shape index (κ1) is 20.5. The fourth-order valence-electron chi connectivity index (χ4n) is 2.40. The molecule has 0 saturated carbocycles. The van der Waals surface area contributed by atoms with Gasteiger partial charge in [0, 0.05) is 20.7 Å². The van der Waals surface area contributed by atoms with Crippen molar-refractivity contribution in [2.24, 2.45) is 0 Å². The maximum absolute atomic E-state index is 12.2. The fourth-order valence-corrected chi connectivity index (χ4v) is 3.34. The number of hydrogen-bond acceptors (Lipinski definition) is 4. The molecule has 5 nitrogen and oxygen atoms in total. The van der Waals surface area contributed by atoms with Crippen LogP contribution in [0.5, 0.6) is 0 Å². The molecule has 0 unspecified atom stereocenters. The highest BCUT2D eigenvalue weighted by Gasteiger charge is 2.12. The van der Waals surface area contributed by atoms with Gasteiger partial charge in [-0.25, -0.2) is 0 Å². The van der Waals surface area contributed by atoms with Crippen molar-refractivity contribution < 1.29 is 9.59 Å². The van der Waals surface area contributed by atoms with Crippen LogP contribution in [0.1, 0.15) is 5.56 Å². The van der Waals surface area contributed by atoms with Crippen LogP contribution in [0.2, 0.25) is 0 Å². The molecule has 0 aromatic heterocycles. The lowest BCUT2D eigenvalue weighted by Gasteiger charge is -2.17. The summed E-state index contributed by atoms with van der Waals surface area (Å²) in [6.07, 6.45) is 1.99. The van der Waals surface area contributed by atoms with Gasteiger partial charge in [0.25, 0.3) is 0 Å². The summed E-state index contributed by atoms with van der Waals surface area (Å²) in [5.41, 5.74) is 2.50. The maximum Gasteiger partial charge on any atom is 0.238 e. The molecule has 2 rings (SSSR count). The Balaban J connectivity index is 1.84. The molecule has 138 valence electrons. The molecule has 0 atom stereocenters. The van der Waals surface area contributed by atoms with Gasteiger partial charge in [-0.1, -0.05) is 22.0 Å². The number of aryl methyl sites for hydroxylation is 1. The predicted molar refractivity (Wildman–Crippen MR) is 112 cm³/mol. The SMILES string of the molecule is CSc1cccc(NC(=O)CN(C)CC(=O)Nc2ccc(Br)cc2C)c1. The molecule has 0 spiro atoms. The summed E-state index contributed by atoms with van der Waals surface area (Å²) >= 11 is 5.02. The van der Waals surface area contributed by atoms with Gasteiger partial charge in [-0.15, -0.1) is 11.8 Å². The second kappa shape index (κ2) is 9.75. The molecule has 0 aliphatic rings. The minimum atomic E-state index is -0.157. The predicted octanol–water partition coefficient (Wildman–Crippen LogP) is 3.99. The van der Waals surface area contributed by atoms with Crippen molar-refractivity contribution in [2.45, 2.75) is 11.8 Å². The highest BCUT2D eigenvalue weighted by Crippen LogP contribution is 2.20. The zero-order valence-corrected chi connectivity index (χ0v) is 17.4. The number of benzene rings is 2. The Morgan fingerprint density at radius 2 is 1.77 bits per heavy atom. The normalized spacial score (nSPS) is 10.7. The number of nitrogens with zero attached hydrogens (tertiary/aromatic N) is 1. The molecule has 0 heterocycles. The third-order valence-corrected chi connectivity index (χ3v) is 4.86. The second-order valence-electron chi connectivity index (χ2n) is 5.96. The first-order valence-corrected chi connectivity index (χ1v) is 10.1. The number of likely N-dealkylation sites (N-methyl/N-ethyl adjacent to an activating group) is 1. The number of amides is 2. The standard InChI is InChI=1S/C19H22BrN3O2S/c1-13-9-14(20)7-8-17(13)22-19(25)12-23(2)11-18(24)21-15-5-4-6-16(10-15)26-3/h4-10H,11-12H2,1-3H3,(H,21,24)(H,22,25). The van der Waals surface area contributed by atoms with Crippen molar-refractivity contribution in [1.29, 1.82) is 0 Å². The van der Waals surface area contributed by atoms with Crippen LogP contribution in [0.4, 0.5) is 11.4 Å². The zero-order valence-electron chi connectivity index (χ0n) is 15.0. The van der Waals surface area contributed by atoms with Crippen molar-refractivity contribution in [2.75, 3.05) is 37.0 Å². The number of anilines is 2. The Labute approximate surface area is 166 Å². The van der Waals surface area contributed by atoms with E-state index in [9.17, 15) is 9.59 Å². The lowest BCUT2D eigenvalue weighted by Crippen LogP contribution is -2.36. The van der Waals surface area contributed by atoms with Gasteiger partial charge in [-0.2, -0.15) is 0 Å². The number of thioether (sulfide) groups is 1. The van der Waals surface area contributed by atoms with E-state index in [-0.39, 0.29) is 24.9 Å². The Hall–Kier alpha value is -1.83. The van der Waals surface area contributed by atoms with Crippen LogP contribution in [0, 0.1) is 6.92 Å². The average Bonchev–Trinajstić information content (AvgIpc) is 2.57. The summed E-state index contributed by atoms with van der Waals surface area (Å²) < 4.78 is 0.965. The van der Waals surface area contributed by atoms with Gasteiger partial charge in [0.15, 0.2) is 0 Å². The van der Waals surface area contributed by atoms with Crippen molar-refractivity contribution >= 4 is 50.9 Å². The Morgan fingerprint density at radius 3 is 2.42 bits per heavy atom. The van der Waals surface area contributed by atoms with E-state index in [4.69, 9.17) is 0 Å². The number of carbonyl (C=O) groups is 2. The van der Waals surface area contributed by atoms with Crippen LogP contribution < -0.4 is 10.6 Å². The number of rotatable bonds is 7. The van der Waals surface area contributed by atoms with Gasteiger partial charge in [0.1, 0.15) is 0 Å². The van der Waals surface area contributed by atoms with E-state index in [0.29, 0.717) is 0 Å². The van der Waals surface area contributed by atoms with Crippen LogP contribution in [0.15, 0.2) is 51.8 Å². The summed E-state index contributed by atoms with van der Waals surface area (Å²) in [7, 11) is 1.74. The average molecular weight is 436 g/mol. The summed E-state index contributed by atoms with van der Waals surface area (Å²) in [4.78, 5) is 27.1. The summed E-state index contributed by atoms with van der Waals surface area (Å²) in [5.74, 6) is -0.312. The Morgan fingerprint density at radius 1 is 1.08 bits per heavy atom. The molecular weight excluding hydrogens is 414 g/mol. The fraction of sp³-hybridized carbons (Fsp3) is 0.263. The topological polar surface area (TPSA) is 61.4 Å². The lowest BCUT2D eigenvalue weighted by molar-refractivity contribution is -0.119. The third kappa shape index (κ3) is 6.48. The molecule has 26 heavy (non-hydrogen) atoms. The highest BCUT2D eigenvalue weighted by atomic mass is 79.9. The number of halogens is 1. The second-order valence-corrected chi connectivity index (χ2v) is 7.76. The van der Waals surface area contributed by atoms with Crippen LogP contribution in [0.3, 0.4) is 0 Å². The van der Waals surface area contributed by atoms with Gasteiger partial charge < -0.3 is 10.6 Å². The van der Waals surface area contributed by atoms with Crippen LogP contribution >= 0.6 is 27.7 Å². The van der Waals surface area contributed by atoms with E-state index in [0.717, 1.165) is 26.3 Å². The molecule has 0 aliphatic heterocycles. The molecule has 2 aromatic carbocycles. The van der Waals surface area contributed by atoms with Crippen molar-refractivity contribution in [1.82, 2.24) is 4.90 Å². The number of nitrogens with one attached hydrogen (secondary N) is 2. The van der Waals surface area contributed by atoms with Gasteiger partial charge in [0.2, 0.25) is 11.8 Å². The molecule has 0 bridgehead atoms. The lowest BCUT2D eigenvalue weighted by atomic mass is 10.2. The van der Waals surface area contributed by atoms with E-state index in [1.807, 2.05) is 55.6 Å². The molecule has 2 N–H and O–H groups in total. The quantitative estimate of drug-likeness (QED) is 0.645. The summed E-state index contributed by atoms with van der Waals surface area (Å²) in [6.45, 7) is 2.20. The number of carbonyl (C=O) groups excluding carboxylic acids is 2. The van der Waals surface area contributed by atoms with E-state index in [1.165, 1.54) is 0 Å². The van der Waals surface area contributed by atoms with Gasteiger partial charge in [-0.3, -0.25) is 14.5 Å². The van der Waals surface area contributed by atoms with E-state index in [1.54, 1.807) is 23.7 Å². The molecule has 0 fully saturated rings. The van der Waals surface area contributed by atoms with Crippen molar-refractivity contribution in [3.8, 4) is 0 Å². The third-order valence-electron chi connectivity index (χ3n) is 3.64. The van der Waals surface area contributed by atoms with E-state index in [2.05, 4.69) is 26.6 Å². The van der Waals surface area contributed by atoms with Crippen LogP contribution in [-0.2, 0) is 9.59 Å². The Bertz CT molecular complexity index is 798.